The average Bonchev–Trinajstić information content (AvgIpc) is 2.64. The molecule has 2 N–H and O–H groups in total. The van der Waals surface area contributed by atoms with Gasteiger partial charge in [0.2, 0.25) is 11.5 Å². The number of hydrogen-bond acceptors (Lipinski definition) is 4. The van der Waals surface area contributed by atoms with Gasteiger partial charge in [-0.1, -0.05) is 0 Å². The fraction of sp³-hybridized carbons (Fsp3) is 0. The van der Waals surface area contributed by atoms with E-state index in [1.54, 1.807) is 12.1 Å². The van der Waals surface area contributed by atoms with Crippen molar-refractivity contribution in [2.75, 3.05) is 0 Å². The van der Waals surface area contributed by atoms with E-state index in [0.717, 1.165) is 6.26 Å². The Balaban J connectivity index is 2.55. The van der Waals surface area contributed by atoms with E-state index < -0.39 is 0 Å². The summed E-state index contributed by atoms with van der Waals surface area (Å²) >= 11 is 0. The Bertz CT molecular complexity index is 372. The Labute approximate surface area is 67.7 Å². The predicted molar refractivity (Wildman–Crippen MR) is 39.7 cm³/mol. The van der Waals surface area contributed by atoms with E-state index in [9.17, 15) is 5.11 Å². The van der Waals surface area contributed by atoms with Gasteiger partial charge in [-0.25, -0.2) is 0 Å². The fourth-order valence-electron chi connectivity index (χ4n) is 0.925. The highest BCUT2D eigenvalue weighted by molar-refractivity contribution is 5.62. The quantitative estimate of drug-likeness (QED) is 0.679. The van der Waals surface area contributed by atoms with E-state index in [0.29, 0.717) is 5.76 Å². The van der Waals surface area contributed by atoms with Crippen molar-refractivity contribution < 1.29 is 19.0 Å². The molecule has 0 unspecified atom stereocenters. The van der Waals surface area contributed by atoms with E-state index >= 15 is 0 Å². The first-order valence-corrected chi connectivity index (χ1v) is 3.32. The zero-order chi connectivity index (χ0) is 8.55. The van der Waals surface area contributed by atoms with Crippen molar-refractivity contribution in [2.45, 2.75) is 0 Å². The van der Waals surface area contributed by atoms with Crippen LogP contribution in [0.3, 0.4) is 0 Å². The van der Waals surface area contributed by atoms with Crippen LogP contribution < -0.4 is 0 Å². The fourth-order valence-corrected chi connectivity index (χ4v) is 0.925. The average molecular weight is 166 g/mol. The summed E-state index contributed by atoms with van der Waals surface area (Å²) in [7, 11) is 0. The molecule has 0 aliphatic carbocycles. The standard InChI is InChI=1S/C8H6O4/c9-5-4-12-8(7(5)10)6-2-1-3-11-6/h1-4,9-10H. The van der Waals surface area contributed by atoms with Crippen molar-refractivity contribution in [3.8, 4) is 23.0 Å². The Morgan fingerprint density at radius 3 is 2.50 bits per heavy atom. The number of aromatic hydroxyl groups is 2. The predicted octanol–water partition coefficient (Wildman–Crippen LogP) is 1.95. The van der Waals surface area contributed by atoms with Crippen molar-refractivity contribution >= 4 is 0 Å². The topological polar surface area (TPSA) is 66.7 Å². The van der Waals surface area contributed by atoms with E-state index in [4.69, 9.17) is 13.9 Å². The molecule has 2 aromatic heterocycles. The second kappa shape index (κ2) is 2.34. The largest absolute Gasteiger partial charge is 0.502 e. The Hall–Kier alpha value is -1.84. The molecular formula is C8H6O4. The Morgan fingerprint density at radius 2 is 2.00 bits per heavy atom. The van der Waals surface area contributed by atoms with Crippen LogP contribution in [-0.4, -0.2) is 10.2 Å². The van der Waals surface area contributed by atoms with Gasteiger partial charge in [0.1, 0.15) is 6.26 Å². The molecule has 0 aliphatic heterocycles. The lowest BCUT2D eigenvalue weighted by atomic mass is 10.3. The van der Waals surface area contributed by atoms with Crippen molar-refractivity contribution in [1.29, 1.82) is 0 Å². The van der Waals surface area contributed by atoms with Gasteiger partial charge in [-0.2, -0.15) is 0 Å². The second-order valence-electron chi connectivity index (χ2n) is 2.28. The molecule has 2 rings (SSSR count). The molecule has 0 radical (unpaired) electrons. The lowest BCUT2D eigenvalue weighted by Gasteiger charge is -1.90. The molecule has 0 bridgehead atoms. The minimum absolute atomic E-state index is 0.137. The Kier molecular flexibility index (Phi) is 1.33. The second-order valence-corrected chi connectivity index (χ2v) is 2.28. The van der Waals surface area contributed by atoms with E-state index in [1.165, 1.54) is 6.26 Å². The molecule has 62 valence electrons. The number of furan rings is 2. The molecule has 0 aliphatic rings. The summed E-state index contributed by atoms with van der Waals surface area (Å²) in [4.78, 5) is 0. The van der Waals surface area contributed by atoms with Crippen LogP contribution in [0, 0.1) is 0 Å². The van der Waals surface area contributed by atoms with Gasteiger partial charge in [0, 0.05) is 0 Å². The maximum Gasteiger partial charge on any atom is 0.214 e. The molecular weight excluding hydrogens is 160 g/mol. The third kappa shape index (κ3) is 0.852. The van der Waals surface area contributed by atoms with Gasteiger partial charge in [0.15, 0.2) is 11.5 Å². The summed E-state index contributed by atoms with van der Waals surface area (Å²) in [6.45, 7) is 0. The van der Waals surface area contributed by atoms with Crippen LogP contribution in [0.15, 0.2) is 33.5 Å². The first-order valence-electron chi connectivity index (χ1n) is 3.32. The van der Waals surface area contributed by atoms with Gasteiger partial charge in [-0.3, -0.25) is 0 Å². The van der Waals surface area contributed by atoms with Gasteiger partial charge in [-0.15, -0.1) is 0 Å². The number of rotatable bonds is 1. The number of hydrogen-bond donors (Lipinski definition) is 2. The maximum atomic E-state index is 9.21. The summed E-state index contributed by atoms with van der Waals surface area (Å²) in [6.07, 6.45) is 2.50. The summed E-state index contributed by atoms with van der Waals surface area (Å²) in [6, 6.07) is 3.28. The Morgan fingerprint density at radius 1 is 1.17 bits per heavy atom. The molecule has 2 heterocycles. The highest BCUT2D eigenvalue weighted by Gasteiger charge is 2.15. The van der Waals surface area contributed by atoms with Crippen LogP contribution in [0.2, 0.25) is 0 Å². The van der Waals surface area contributed by atoms with Crippen LogP contribution >= 0.6 is 0 Å². The lowest BCUT2D eigenvalue weighted by molar-refractivity contribution is 0.407. The van der Waals surface area contributed by atoms with Crippen molar-refractivity contribution in [2.24, 2.45) is 0 Å². The summed E-state index contributed by atoms with van der Waals surface area (Å²) in [5, 5.41) is 18.2. The minimum atomic E-state index is -0.301. The van der Waals surface area contributed by atoms with E-state index in [1.807, 2.05) is 0 Å². The third-order valence-electron chi connectivity index (χ3n) is 1.49. The van der Waals surface area contributed by atoms with Gasteiger partial charge >= 0.3 is 0 Å². The smallest absolute Gasteiger partial charge is 0.214 e. The summed E-state index contributed by atoms with van der Waals surface area (Å²) in [5.41, 5.74) is 0. The molecule has 0 amide bonds. The normalized spacial score (nSPS) is 10.3. The first-order chi connectivity index (χ1) is 5.79. The van der Waals surface area contributed by atoms with Crippen LogP contribution in [-0.2, 0) is 0 Å². The molecule has 12 heavy (non-hydrogen) atoms. The highest BCUT2D eigenvalue weighted by Crippen LogP contribution is 2.38. The van der Waals surface area contributed by atoms with E-state index in [-0.39, 0.29) is 17.3 Å². The zero-order valence-electron chi connectivity index (χ0n) is 6.02. The SMILES string of the molecule is Oc1coc(-c2ccco2)c1O. The van der Waals surface area contributed by atoms with Crippen LogP contribution in [0.5, 0.6) is 11.5 Å². The molecule has 0 saturated heterocycles. The first kappa shape index (κ1) is 6.84. The van der Waals surface area contributed by atoms with Gasteiger partial charge in [0.05, 0.1) is 6.26 Å². The monoisotopic (exact) mass is 166 g/mol. The summed E-state index contributed by atoms with van der Waals surface area (Å²) in [5.74, 6) is -0.0725. The zero-order valence-corrected chi connectivity index (χ0v) is 6.02. The third-order valence-corrected chi connectivity index (χ3v) is 1.49. The molecule has 4 nitrogen and oxygen atoms in total. The van der Waals surface area contributed by atoms with Gasteiger partial charge in [0.25, 0.3) is 0 Å². The maximum absolute atomic E-state index is 9.21. The lowest BCUT2D eigenvalue weighted by Crippen LogP contribution is -1.66. The van der Waals surface area contributed by atoms with E-state index in [2.05, 4.69) is 0 Å². The highest BCUT2D eigenvalue weighted by atomic mass is 16.4. The molecule has 0 atom stereocenters. The van der Waals surface area contributed by atoms with Crippen molar-refractivity contribution in [1.82, 2.24) is 0 Å². The molecule has 2 aromatic rings. The van der Waals surface area contributed by atoms with Crippen LogP contribution in [0.4, 0.5) is 0 Å². The molecule has 0 spiro atoms. The van der Waals surface area contributed by atoms with Gasteiger partial charge in [-0.05, 0) is 12.1 Å². The van der Waals surface area contributed by atoms with Crippen LogP contribution in [0.25, 0.3) is 11.5 Å². The van der Waals surface area contributed by atoms with Crippen molar-refractivity contribution in [3.63, 3.8) is 0 Å². The molecule has 0 aromatic carbocycles. The molecule has 4 heteroatoms. The van der Waals surface area contributed by atoms with Gasteiger partial charge < -0.3 is 19.0 Å². The van der Waals surface area contributed by atoms with Crippen LogP contribution in [0.1, 0.15) is 0 Å². The molecule has 0 fully saturated rings. The summed E-state index contributed by atoms with van der Waals surface area (Å²) < 4.78 is 9.79. The van der Waals surface area contributed by atoms with Crippen molar-refractivity contribution in [3.05, 3.63) is 24.7 Å². The molecule has 0 saturated carbocycles. The minimum Gasteiger partial charge on any atom is -0.502 e.